The molecular formula is C33H38F6N8O5. The van der Waals surface area contributed by atoms with Crippen molar-refractivity contribution in [2.45, 2.75) is 78.1 Å². The molecule has 0 saturated heterocycles. The van der Waals surface area contributed by atoms with Crippen LogP contribution in [0.1, 0.15) is 62.5 Å². The quantitative estimate of drug-likeness (QED) is 0.0548. The normalized spacial score (nSPS) is 12.1. The highest BCUT2D eigenvalue weighted by Gasteiger charge is 2.54. The fraction of sp³-hybridized carbons (Fsp3) is 0.364. The number of Topliss-reactive ketones (excluding diaryl/α,β-unsaturated/α-hetero) is 2. The number of halogens is 6. The summed E-state index contributed by atoms with van der Waals surface area (Å²) in [6.07, 6.45) is -9.28. The molecule has 1 heterocycles. The molecule has 0 spiro atoms. The van der Waals surface area contributed by atoms with Crippen LogP contribution in [0.3, 0.4) is 0 Å². The van der Waals surface area contributed by atoms with E-state index in [4.69, 9.17) is 16.9 Å². The molecule has 13 nitrogen and oxygen atoms in total. The number of amidine groups is 1. The second kappa shape index (κ2) is 17.0. The second-order valence-electron chi connectivity index (χ2n) is 12.4. The van der Waals surface area contributed by atoms with Crippen LogP contribution in [-0.4, -0.2) is 62.7 Å². The van der Waals surface area contributed by atoms with Gasteiger partial charge in [0.05, 0.1) is 11.9 Å². The number of anilines is 2. The van der Waals surface area contributed by atoms with Crippen LogP contribution < -0.4 is 33.0 Å². The summed E-state index contributed by atoms with van der Waals surface area (Å²) in [5, 5.41) is 16.3. The number of nitrogens with two attached hydrogens (primary N) is 2. The van der Waals surface area contributed by atoms with E-state index < -0.39 is 40.9 Å². The van der Waals surface area contributed by atoms with Crippen molar-refractivity contribution < 1.29 is 45.5 Å². The van der Waals surface area contributed by atoms with Crippen molar-refractivity contribution in [1.82, 2.24) is 20.2 Å². The van der Waals surface area contributed by atoms with Gasteiger partial charge in [0, 0.05) is 40.5 Å². The first-order valence-corrected chi connectivity index (χ1v) is 15.4. The average Bonchev–Trinajstić information content (AvgIpc) is 3.03. The van der Waals surface area contributed by atoms with Crippen molar-refractivity contribution in [3.8, 4) is 11.3 Å². The molecule has 2 amide bonds. The van der Waals surface area contributed by atoms with Gasteiger partial charge in [-0.1, -0.05) is 31.2 Å². The Morgan fingerprint density at radius 2 is 1.48 bits per heavy atom. The van der Waals surface area contributed by atoms with Gasteiger partial charge in [-0.2, -0.15) is 26.3 Å². The predicted octanol–water partition coefficient (Wildman–Crippen LogP) is 4.08. The molecule has 3 rings (SSSR count). The number of ketones is 2. The summed E-state index contributed by atoms with van der Waals surface area (Å²) in [5.41, 5.74) is 13.6. The van der Waals surface area contributed by atoms with Gasteiger partial charge in [0.15, 0.2) is 5.82 Å². The third-order valence-electron chi connectivity index (χ3n) is 6.83. The summed E-state index contributed by atoms with van der Waals surface area (Å²) in [4.78, 5) is 63.0. The number of nitrogens with zero attached hydrogens (tertiary/aromatic N) is 2. The molecule has 1 aromatic heterocycles. The number of carbonyl (C=O) groups excluding carboxylic acids is 4. The van der Waals surface area contributed by atoms with Crippen LogP contribution in [0.25, 0.3) is 11.3 Å². The number of hydrogen-bond donors (Lipinski definition) is 6. The fourth-order valence-electron chi connectivity index (χ4n) is 4.12. The maximum atomic E-state index is 13.6. The second-order valence-corrected chi connectivity index (χ2v) is 12.4. The summed E-state index contributed by atoms with van der Waals surface area (Å²) < 4.78 is 68.3. The molecule has 0 fully saturated rings. The van der Waals surface area contributed by atoms with E-state index >= 15 is 0 Å². The molecule has 19 heteroatoms. The number of rotatable bonds is 11. The van der Waals surface area contributed by atoms with E-state index in [1.165, 1.54) is 10.8 Å². The Bertz CT molecular complexity index is 1840. The van der Waals surface area contributed by atoms with Crippen LogP contribution in [0.4, 0.5) is 37.8 Å². The first-order valence-electron chi connectivity index (χ1n) is 15.4. The SMILES string of the molecule is CC[C@@H](C)NC(=O)c1cc(N)cc(-c2cnc(NC(C)(C)C)c(=O)n2CC(=O)NCc2ccc(C(=N)N)cc2)c1.O=C(C(=O)C(F)(F)F)C(F)(F)F. The molecule has 0 unspecified atom stereocenters. The van der Waals surface area contributed by atoms with E-state index in [-0.39, 0.29) is 36.7 Å². The van der Waals surface area contributed by atoms with E-state index in [0.29, 0.717) is 28.1 Å². The molecule has 52 heavy (non-hydrogen) atoms. The number of amides is 2. The maximum absolute atomic E-state index is 13.6. The van der Waals surface area contributed by atoms with Gasteiger partial charge >= 0.3 is 23.9 Å². The molecule has 0 radical (unpaired) electrons. The van der Waals surface area contributed by atoms with Gasteiger partial charge in [-0.25, -0.2) is 4.98 Å². The number of alkyl halides is 6. The minimum atomic E-state index is -5.77. The summed E-state index contributed by atoms with van der Waals surface area (Å²) in [6.45, 7) is 9.51. The minimum absolute atomic E-state index is 0.0256. The van der Waals surface area contributed by atoms with Crippen LogP contribution in [0, 0.1) is 5.41 Å². The topological polar surface area (TPSA) is 215 Å². The lowest BCUT2D eigenvalue weighted by Crippen LogP contribution is -2.39. The molecule has 0 bridgehead atoms. The zero-order valence-electron chi connectivity index (χ0n) is 28.7. The molecule has 0 saturated carbocycles. The number of nitrogen functional groups attached to an aromatic ring is 2. The molecule has 282 valence electrons. The van der Waals surface area contributed by atoms with Crippen molar-refractivity contribution in [3.63, 3.8) is 0 Å². The van der Waals surface area contributed by atoms with Gasteiger partial charge in [-0.3, -0.25) is 33.9 Å². The van der Waals surface area contributed by atoms with Gasteiger partial charge in [-0.15, -0.1) is 0 Å². The van der Waals surface area contributed by atoms with Crippen LogP contribution in [0.15, 0.2) is 53.5 Å². The highest BCUT2D eigenvalue weighted by Crippen LogP contribution is 2.25. The average molecular weight is 741 g/mol. The largest absolute Gasteiger partial charge is 0.458 e. The van der Waals surface area contributed by atoms with Crippen molar-refractivity contribution in [2.24, 2.45) is 5.73 Å². The smallest absolute Gasteiger partial charge is 0.399 e. The number of aromatic nitrogens is 2. The molecule has 0 aliphatic carbocycles. The lowest BCUT2D eigenvalue weighted by Gasteiger charge is -2.22. The summed E-state index contributed by atoms with van der Waals surface area (Å²) >= 11 is 0. The van der Waals surface area contributed by atoms with Crippen LogP contribution in [0.5, 0.6) is 0 Å². The first kappa shape index (κ1) is 42.4. The fourth-order valence-corrected chi connectivity index (χ4v) is 4.12. The highest BCUT2D eigenvalue weighted by molar-refractivity contribution is 6.41. The standard InChI is InChI=1S/C29H38N8O3.C4F6O2/c1-6-17(2)35-27(39)21-11-20(12-22(30)13-21)23-15-34-26(36-29(3,4)5)28(40)37(23)16-24(38)33-14-18-7-9-19(10-8-18)25(31)32;5-3(6,7)1(11)2(12)4(8,9)10/h7-13,15,17H,6,14,16,30H2,1-5H3,(H3,31,32)(H,33,38)(H,34,36)(H,35,39);/t17-;/m1./s1. The van der Waals surface area contributed by atoms with Crippen LogP contribution in [-0.2, 0) is 27.5 Å². The lowest BCUT2D eigenvalue weighted by atomic mass is 10.1. The number of carbonyl (C=O) groups is 4. The number of benzene rings is 2. The molecular weight excluding hydrogens is 702 g/mol. The Hall–Kier alpha value is -5.75. The van der Waals surface area contributed by atoms with E-state index in [9.17, 15) is 50.3 Å². The maximum Gasteiger partial charge on any atom is 0.458 e. The number of hydrogen-bond acceptors (Lipinski definition) is 9. The van der Waals surface area contributed by atoms with Crippen molar-refractivity contribution in [2.75, 3.05) is 11.1 Å². The zero-order chi connectivity index (χ0) is 39.8. The van der Waals surface area contributed by atoms with Crippen molar-refractivity contribution in [1.29, 1.82) is 5.41 Å². The molecule has 0 aliphatic heterocycles. The molecule has 8 N–H and O–H groups in total. The van der Waals surface area contributed by atoms with Gasteiger partial charge in [0.1, 0.15) is 12.4 Å². The van der Waals surface area contributed by atoms with E-state index in [0.717, 1.165) is 12.0 Å². The Morgan fingerprint density at radius 1 is 0.923 bits per heavy atom. The third-order valence-corrected chi connectivity index (χ3v) is 6.83. The monoisotopic (exact) mass is 740 g/mol. The van der Waals surface area contributed by atoms with Gasteiger partial charge in [0.2, 0.25) is 5.91 Å². The Balaban J connectivity index is 0.000000667. The predicted molar refractivity (Wildman–Crippen MR) is 180 cm³/mol. The van der Waals surface area contributed by atoms with Gasteiger partial charge in [0.25, 0.3) is 11.5 Å². The molecule has 3 aromatic rings. The summed E-state index contributed by atoms with van der Waals surface area (Å²) in [7, 11) is 0. The van der Waals surface area contributed by atoms with E-state index in [1.807, 2.05) is 34.6 Å². The number of nitrogens with one attached hydrogen (secondary N) is 4. The van der Waals surface area contributed by atoms with E-state index in [1.54, 1.807) is 42.5 Å². The lowest BCUT2D eigenvalue weighted by molar-refractivity contribution is -0.193. The first-order chi connectivity index (χ1) is 23.8. The minimum Gasteiger partial charge on any atom is -0.399 e. The Morgan fingerprint density at radius 3 is 1.96 bits per heavy atom. The van der Waals surface area contributed by atoms with Crippen molar-refractivity contribution in [3.05, 3.63) is 75.7 Å². The zero-order valence-corrected chi connectivity index (χ0v) is 28.7. The molecule has 1 atom stereocenters. The van der Waals surface area contributed by atoms with Gasteiger partial charge < -0.3 is 27.4 Å². The summed E-state index contributed by atoms with van der Waals surface area (Å²) in [6, 6.07) is 11.8. The molecule has 0 aliphatic rings. The van der Waals surface area contributed by atoms with Crippen LogP contribution in [0.2, 0.25) is 0 Å². The van der Waals surface area contributed by atoms with Crippen LogP contribution >= 0.6 is 0 Å². The highest BCUT2D eigenvalue weighted by atomic mass is 19.4. The van der Waals surface area contributed by atoms with Crippen molar-refractivity contribution >= 4 is 40.7 Å². The molecule has 2 aromatic carbocycles. The van der Waals surface area contributed by atoms with E-state index in [2.05, 4.69) is 20.9 Å². The summed E-state index contributed by atoms with van der Waals surface area (Å²) in [5.74, 6) is -7.44. The third kappa shape index (κ3) is 12.5. The Kier molecular flexibility index (Phi) is 13.8. The van der Waals surface area contributed by atoms with Gasteiger partial charge in [-0.05, 0) is 57.9 Å². The Labute approximate surface area is 293 Å².